The summed E-state index contributed by atoms with van der Waals surface area (Å²) in [5.41, 5.74) is 4.01. The van der Waals surface area contributed by atoms with Crippen molar-refractivity contribution in [1.29, 1.82) is 0 Å². The first kappa shape index (κ1) is 26.7. The number of amides is 2. The molecule has 2 amide bonds. The number of hydrogen-bond donors (Lipinski definition) is 2. The smallest absolute Gasteiger partial charge is 0.338 e. The Balaban J connectivity index is 1.36. The van der Waals surface area contributed by atoms with Gasteiger partial charge in [0.05, 0.1) is 17.6 Å². The molecule has 2 aromatic heterocycles. The number of aromatic nitrogens is 4. The number of benzene rings is 2. The van der Waals surface area contributed by atoms with Gasteiger partial charge in [-0.1, -0.05) is 30.9 Å². The average Bonchev–Trinajstić information content (AvgIpc) is 3.59. The second-order valence-electron chi connectivity index (χ2n) is 9.50. The van der Waals surface area contributed by atoms with E-state index in [0.29, 0.717) is 24.0 Å². The maximum absolute atomic E-state index is 13.5. The molecular weight excluding hydrogens is 515 g/mol. The highest BCUT2D eigenvalue weighted by molar-refractivity contribution is 5.98. The minimum absolute atomic E-state index is 0.00930. The van der Waals surface area contributed by atoms with Gasteiger partial charge in [-0.3, -0.25) is 9.59 Å². The Bertz CT molecular complexity index is 1630. The van der Waals surface area contributed by atoms with Crippen molar-refractivity contribution in [2.75, 3.05) is 6.61 Å². The highest BCUT2D eigenvalue weighted by Crippen LogP contribution is 2.35. The summed E-state index contributed by atoms with van der Waals surface area (Å²) in [7, 11) is 0. The fourth-order valence-corrected chi connectivity index (χ4v) is 4.89. The van der Waals surface area contributed by atoms with E-state index < -0.39 is 23.8 Å². The number of halogens is 1. The molecule has 0 radical (unpaired) electrons. The Labute approximate surface area is 229 Å². The van der Waals surface area contributed by atoms with Crippen molar-refractivity contribution >= 4 is 23.6 Å². The fraction of sp³-hybridized carbons (Fsp3) is 0.241. The molecule has 0 unspecified atom stereocenters. The maximum atomic E-state index is 13.5. The van der Waals surface area contributed by atoms with Crippen LogP contribution in [0.3, 0.4) is 0 Å². The SMILES string of the molecule is C=CCOC(=O)c1ccc2c(c1C)CC[C@@H]2NC(=O)c1cc(C(=O)N[C@H](C)c2ccc(F)cc2)nc2ncnn12. The summed E-state index contributed by atoms with van der Waals surface area (Å²) in [4.78, 5) is 47.3. The minimum atomic E-state index is -0.519. The van der Waals surface area contributed by atoms with Crippen LogP contribution < -0.4 is 10.6 Å². The highest BCUT2D eigenvalue weighted by Gasteiger charge is 2.29. The third-order valence-corrected chi connectivity index (χ3v) is 6.99. The van der Waals surface area contributed by atoms with Gasteiger partial charge in [-0.2, -0.15) is 14.6 Å². The molecular formula is C29H27FN6O4. The summed E-state index contributed by atoms with van der Waals surface area (Å²) in [6.45, 7) is 7.32. The average molecular weight is 543 g/mol. The monoisotopic (exact) mass is 542 g/mol. The van der Waals surface area contributed by atoms with Crippen LogP contribution in [0.1, 0.15) is 79.0 Å². The zero-order chi connectivity index (χ0) is 28.4. The third-order valence-electron chi connectivity index (χ3n) is 6.99. The first-order valence-electron chi connectivity index (χ1n) is 12.7. The lowest BCUT2D eigenvalue weighted by molar-refractivity contribution is 0.0548. The first-order chi connectivity index (χ1) is 19.3. The summed E-state index contributed by atoms with van der Waals surface area (Å²) in [5.74, 6) is -1.67. The van der Waals surface area contributed by atoms with Gasteiger partial charge in [-0.05, 0) is 67.1 Å². The van der Waals surface area contributed by atoms with E-state index in [1.165, 1.54) is 35.1 Å². The van der Waals surface area contributed by atoms with Crippen LogP contribution in [-0.2, 0) is 11.2 Å². The predicted octanol–water partition coefficient (Wildman–Crippen LogP) is 3.82. The Morgan fingerprint density at radius 1 is 1.20 bits per heavy atom. The van der Waals surface area contributed by atoms with Gasteiger partial charge in [0.2, 0.25) is 0 Å². The van der Waals surface area contributed by atoms with Crippen molar-refractivity contribution < 1.29 is 23.5 Å². The first-order valence-corrected chi connectivity index (χ1v) is 12.7. The molecule has 4 aromatic rings. The molecule has 2 N–H and O–H groups in total. The molecule has 204 valence electrons. The lowest BCUT2D eigenvalue weighted by atomic mass is 9.98. The number of rotatable bonds is 8. The maximum Gasteiger partial charge on any atom is 0.338 e. The van der Waals surface area contributed by atoms with Gasteiger partial charge in [0.1, 0.15) is 30.1 Å². The molecule has 5 rings (SSSR count). The Morgan fingerprint density at radius 2 is 1.98 bits per heavy atom. The van der Waals surface area contributed by atoms with Crippen molar-refractivity contribution in [2.45, 2.75) is 38.8 Å². The Hall–Kier alpha value is -4.93. The normalized spacial score (nSPS) is 14.8. The van der Waals surface area contributed by atoms with Crippen LogP contribution in [0.25, 0.3) is 5.78 Å². The van der Waals surface area contributed by atoms with Crippen molar-refractivity contribution in [1.82, 2.24) is 30.2 Å². The van der Waals surface area contributed by atoms with Gasteiger partial charge in [-0.25, -0.2) is 14.2 Å². The molecule has 10 nitrogen and oxygen atoms in total. The summed E-state index contributed by atoms with van der Waals surface area (Å²) < 4.78 is 19.7. The Morgan fingerprint density at radius 3 is 2.73 bits per heavy atom. The van der Waals surface area contributed by atoms with E-state index in [0.717, 1.165) is 16.7 Å². The van der Waals surface area contributed by atoms with Crippen molar-refractivity contribution in [2.24, 2.45) is 0 Å². The number of nitrogens with one attached hydrogen (secondary N) is 2. The molecule has 0 saturated heterocycles. The van der Waals surface area contributed by atoms with Gasteiger partial charge < -0.3 is 15.4 Å². The number of carbonyl (C=O) groups excluding carboxylic acids is 3. The summed E-state index contributed by atoms with van der Waals surface area (Å²) >= 11 is 0. The number of nitrogens with zero attached hydrogens (tertiary/aromatic N) is 4. The van der Waals surface area contributed by atoms with E-state index in [1.807, 2.05) is 13.0 Å². The van der Waals surface area contributed by atoms with E-state index in [4.69, 9.17) is 4.74 Å². The van der Waals surface area contributed by atoms with E-state index in [-0.39, 0.29) is 35.6 Å². The number of hydrogen-bond acceptors (Lipinski definition) is 7. The second kappa shape index (κ2) is 11.0. The lowest BCUT2D eigenvalue weighted by Crippen LogP contribution is -2.31. The molecule has 0 spiro atoms. The molecule has 2 atom stereocenters. The van der Waals surface area contributed by atoms with Crippen LogP contribution in [0.15, 0.2) is 61.4 Å². The summed E-state index contributed by atoms with van der Waals surface area (Å²) in [6.07, 6.45) is 4.08. The highest BCUT2D eigenvalue weighted by atomic mass is 19.1. The van der Waals surface area contributed by atoms with Crippen LogP contribution in [0.2, 0.25) is 0 Å². The Kier molecular flexibility index (Phi) is 7.37. The van der Waals surface area contributed by atoms with Crippen LogP contribution in [0, 0.1) is 12.7 Å². The van der Waals surface area contributed by atoms with Crippen molar-refractivity contribution in [3.05, 3.63) is 106 Å². The van der Waals surface area contributed by atoms with E-state index in [9.17, 15) is 18.8 Å². The molecule has 40 heavy (non-hydrogen) atoms. The molecule has 1 aliphatic carbocycles. The topological polar surface area (TPSA) is 128 Å². The van der Waals surface area contributed by atoms with E-state index >= 15 is 0 Å². The van der Waals surface area contributed by atoms with Crippen molar-refractivity contribution in [3.63, 3.8) is 0 Å². The van der Waals surface area contributed by atoms with Gasteiger partial charge >= 0.3 is 5.97 Å². The van der Waals surface area contributed by atoms with E-state index in [1.54, 1.807) is 25.1 Å². The molecule has 0 bridgehead atoms. The summed E-state index contributed by atoms with van der Waals surface area (Å²) in [5, 5.41) is 9.95. The van der Waals surface area contributed by atoms with E-state index in [2.05, 4.69) is 32.3 Å². The second-order valence-corrected chi connectivity index (χ2v) is 9.50. The van der Waals surface area contributed by atoms with Gasteiger partial charge in [-0.15, -0.1) is 0 Å². The molecule has 2 aromatic carbocycles. The molecule has 0 saturated carbocycles. The largest absolute Gasteiger partial charge is 0.458 e. The van der Waals surface area contributed by atoms with Crippen LogP contribution >= 0.6 is 0 Å². The number of ether oxygens (including phenoxy) is 1. The zero-order valence-electron chi connectivity index (χ0n) is 22.0. The number of fused-ring (bicyclic) bond motifs is 2. The lowest BCUT2D eigenvalue weighted by Gasteiger charge is -2.17. The molecule has 1 aliphatic rings. The molecule has 0 aliphatic heterocycles. The standard InChI is InChI=1S/C29H27FN6O4/c1-4-13-40-28(39)21-9-10-22-20(16(21)2)11-12-23(22)34-27(38)25-14-24(35-29-31-15-32-36(25)29)26(37)33-17(3)18-5-7-19(30)8-6-18/h4-10,14-15,17,23H,1,11-13H2,2-3H3,(H,33,37)(H,34,38)/t17-,23+/m1/s1. The number of esters is 1. The molecule has 2 heterocycles. The van der Waals surface area contributed by atoms with Gasteiger partial charge in [0.25, 0.3) is 17.6 Å². The van der Waals surface area contributed by atoms with Crippen molar-refractivity contribution in [3.8, 4) is 0 Å². The zero-order valence-corrected chi connectivity index (χ0v) is 22.0. The fourth-order valence-electron chi connectivity index (χ4n) is 4.89. The minimum Gasteiger partial charge on any atom is -0.458 e. The van der Waals surface area contributed by atoms with Gasteiger partial charge in [0, 0.05) is 6.07 Å². The van der Waals surface area contributed by atoms with Gasteiger partial charge in [0.15, 0.2) is 0 Å². The number of carbonyl (C=O) groups is 3. The molecule has 11 heteroatoms. The third kappa shape index (κ3) is 5.18. The molecule has 0 fully saturated rings. The van der Waals surface area contributed by atoms with Crippen LogP contribution in [0.4, 0.5) is 4.39 Å². The predicted molar refractivity (Wildman–Crippen MR) is 143 cm³/mol. The summed E-state index contributed by atoms with van der Waals surface area (Å²) in [6, 6.07) is 9.97. The quantitative estimate of drug-likeness (QED) is 0.256. The van der Waals surface area contributed by atoms with Crippen LogP contribution in [-0.4, -0.2) is 44.0 Å². The van der Waals surface area contributed by atoms with Crippen LogP contribution in [0.5, 0.6) is 0 Å².